The molecular formula is C14H13ClN2O. The van der Waals surface area contributed by atoms with Gasteiger partial charge in [0, 0.05) is 18.8 Å². The van der Waals surface area contributed by atoms with Crippen LogP contribution in [0.3, 0.4) is 0 Å². The molecule has 0 unspecified atom stereocenters. The van der Waals surface area contributed by atoms with E-state index in [0.717, 1.165) is 11.3 Å². The van der Waals surface area contributed by atoms with Crippen LogP contribution in [0.1, 0.15) is 17.2 Å². The first-order valence-corrected chi connectivity index (χ1v) is 6.25. The molecule has 1 aliphatic rings. The normalized spacial score (nSPS) is 21.7. The van der Waals surface area contributed by atoms with Crippen LogP contribution in [0.25, 0.3) is 0 Å². The Hall–Kier alpha value is -1.58. The van der Waals surface area contributed by atoms with E-state index in [1.165, 1.54) is 5.56 Å². The van der Waals surface area contributed by atoms with Gasteiger partial charge in [0.2, 0.25) is 0 Å². The Labute approximate surface area is 110 Å². The molecule has 18 heavy (non-hydrogen) atoms. The van der Waals surface area contributed by atoms with Gasteiger partial charge in [-0.3, -0.25) is 4.98 Å². The number of aliphatic hydroxyl groups is 1. The minimum Gasteiger partial charge on any atom is -0.390 e. The van der Waals surface area contributed by atoms with Crippen molar-refractivity contribution in [2.45, 2.75) is 18.6 Å². The highest BCUT2D eigenvalue weighted by molar-refractivity contribution is 6.33. The number of aliphatic hydroxyl groups excluding tert-OH is 1. The largest absolute Gasteiger partial charge is 0.390 e. The van der Waals surface area contributed by atoms with Gasteiger partial charge < -0.3 is 10.4 Å². The molecule has 0 fully saturated rings. The molecule has 3 nitrogen and oxygen atoms in total. The van der Waals surface area contributed by atoms with E-state index in [1.807, 2.05) is 30.3 Å². The number of aromatic nitrogens is 1. The Morgan fingerprint density at radius 2 is 2.11 bits per heavy atom. The van der Waals surface area contributed by atoms with E-state index < -0.39 is 6.10 Å². The molecule has 92 valence electrons. The van der Waals surface area contributed by atoms with E-state index >= 15 is 0 Å². The van der Waals surface area contributed by atoms with E-state index in [4.69, 9.17) is 11.6 Å². The zero-order valence-corrected chi connectivity index (χ0v) is 10.4. The first-order valence-electron chi connectivity index (χ1n) is 5.87. The summed E-state index contributed by atoms with van der Waals surface area (Å²) in [6.45, 7) is 0. The van der Waals surface area contributed by atoms with Crippen LogP contribution in [0.5, 0.6) is 0 Å². The lowest BCUT2D eigenvalue weighted by Gasteiger charge is -2.19. The van der Waals surface area contributed by atoms with Crippen molar-refractivity contribution in [2.75, 3.05) is 5.32 Å². The monoisotopic (exact) mass is 260 g/mol. The Kier molecular flexibility index (Phi) is 2.94. The molecule has 2 aromatic rings. The number of rotatable bonds is 2. The van der Waals surface area contributed by atoms with Gasteiger partial charge in [0.1, 0.15) is 0 Å². The predicted octanol–water partition coefficient (Wildman–Crippen LogP) is 2.81. The molecule has 1 aromatic carbocycles. The van der Waals surface area contributed by atoms with Crippen LogP contribution in [0, 0.1) is 0 Å². The van der Waals surface area contributed by atoms with Crippen LogP contribution in [0.4, 0.5) is 5.69 Å². The molecule has 1 aromatic heterocycles. The lowest BCUT2D eigenvalue weighted by atomic mass is 10.1. The Morgan fingerprint density at radius 1 is 1.28 bits per heavy atom. The van der Waals surface area contributed by atoms with Crippen molar-refractivity contribution in [2.24, 2.45) is 0 Å². The van der Waals surface area contributed by atoms with Crippen molar-refractivity contribution in [3.63, 3.8) is 0 Å². The summed E-state index contributed by atoms with van der Waals surface area (Å²) in [7, 11) is 0. The third kappa shape index (κ3) is 1.96. The summed E-state index contributed by atoms with van der Waals surface area (Å²) in [4.78, 5) is 3.95. The third-order valence-corrected chi connectivity index (χ3v) is 3.59. The average molecular weight is 261 g/mol. The zero-order valence-electron chi connectivity index (χ0n) is 9.68. The van der Waals surface area contributed by atoms with Gasteiger partial charge in [0.25, 0.3) is 0 Å². The summed E-state index contributed by atoms with van der Waals surface area (Å²) in [6, 6.07) is 9.77. The smallest absolute Gasteiger partial charge is 0.0823 e. The molecule has 2 N–H and O–H groups in total. The first-order chi connectivity index (χ1) is 8.75. The number of benzene rings is 1. The van der Waals surface area contributed by atoms with Crippen LogP contribution >= 0.6 is 11.6 Å². The molecule has 0 aliphatic heterocycles. The summed E-state index contributed by atoms with van der Waals surface area (Å²) in [6.07, 6.45) is 3.53. The minimum absolute atomic E-state index is 0.110. The van der Waals surface area contributed by atoms with Crippen molar-refractivity contribution in [3.05, 3.63) is 58.9 Å². The Bertz CT molecular complexity index is 573. The van der Waals surface area contributed by atoms with Crippen molar-refractivity contribution >= 4 is 17.3 Å². The van der Waals surface area contributed by atoms with Gasteiger partial charge in [-0.25, -0.2) is 0 Å². The van der Waals surface area contributed by atoms with E-state index in [-0.39, 0.29) is 6.04 Å². The van der Waals surface area contributed by atoms with Crippen LogP contribution < -0.4 is 5.32 Å². The van der Waals surface area contributed by atoms with Crippen LogP contribution in [0.2, 0.25) is 5.02 Å². The van der Waals surface area contributed by atoms with E-state index in [1.54, 1.807) is 12.4 Å². The molecule has 0 radical (unpaired) electrons. The maximum Gasteiger partial charge on any atom is 0.0823 e. The predicted molar refractivity (Wildman–Crippen MR) is 71.8 cm³/mol. The van der Waals surface area contributed by atoms with E-state index in [9.17, 15) is 5.11 Å². The summed E-state index contributed by atoms with van der Waals surface area (Å²) < 4.78 is 0. The highest BCUT2D eigenvalue weighted by Gasteiger charge is 2.30. The number of halogens is 1. The van der Waals surface area contributed by atoms with Gasteiger partial charge in [0.15, 0.2) is 0 Å². The third-order valence-electron chi connectivity index (χ3n) is 3.29. The van der Waals surface area contributed by atoms with Crippen LogP contribution in [-0.4, -0.2) is 16.2 Å². The number of hydrogen-bond donors (Lipinski definition) is 2. The second-order valence-corrected chi connectivity index (χ2v) is 4.86. The number of pyridine rings is 1. The topological polar surface area (TPSA) is 45.1 Å². The fourth-order valence-electron chi connectivity index (χ4n) is 2.41. The fraction of sp³-hybridized carbons (Fsp3) is 0.214. The summed E-state index contributed by atoms with van der Waals surface area (Å²) in [5.41, 5.74) is 3.12. The number of fused-ring (bicyclic) bond motifs is 1. The molecule has 0 saturated carbocycles. The number of nitrogens with one attached hydrogen (secondary N) is 1. The molecular weight excluding hydrogens is 248 g/mol. The molecule has 0 spiro atoms. The quantitative estimate of drug-likeness (QED) is 0.873. The molecule has 1 aliphatic carbocycles. The summed E-state index contributed by atoms with van der Waals surface area (Å²) in [5, 5.41) is 14.0. The Morgan fingerprint density at radius 3 is 2.94 bits per heavy atom. The summed E-state index contributed by atoms with van der Waals surface area (Å²) in [5.74, 6) is 0. The lowest BCUT2D eigenvalue weighted by molar-refractivity contribution is 0.166. The Balaban J connectivity index is 1.92. The highest BCUT2D eigenvalue weighted by Crippen LogP contribution is 2.35. The van der Waals surface area contributed by atoms with Crippen LogP contribution in [-0.2, 0) is 6.42 Å². The van der Waals surface area contributed by atoms with Gasteiger partial charge >= 0.3 is 0 Å². The van der Waals surface area contributed by atoms with E-state index in [0.29, 0.717) is 11.4 Å². The highest BCUT2D eigenvalue weighted by atomic mass is 35.5. The van der Waals surface area contributed by atoms with E-state index in [2.05, 4.69) is 10.3 Å². The molecule has 0 saturated heterocycles. The minimum atomic E-state index is -0.424. The lowest BCUT2D eigenvalue weighted by Crippen LogP contribution is -2.21. The average Bonchev–Trinajstić information content (AvgIpc) is 2.69. The molecule has 3 rings (SSSR count). The number of nitrogens with zero attached hydrogens (tertiary/aromatic N) is 1. The molecule has 2 atom stereocenters. The SMILES string of the molecule is O[C@@H]1Cc2ccccc2[C@@H]1Nc1ccncc1Cl. The summed E-state index contributed by atoms with van der Waals surface area (Å²) >= 11 is 6.07. The number of hydrogen-bond acceptors (Lipinski definition) is 3. The second kappa shape index (κ2) is 4.59. The van der Waals surface area contributed by atoms with Crippen molar-refractivity contribution < 1.29 is 5.11 Å². The van der Waals surface area contributed by atoms with Gasteiger partial charge in [-0.05, 0) is 17.2 Å². The molecule has 1 heterocycles. The maximum absolute atomic E-state index is 10.1. The van der Waals surface area contributed by atoms with Crippen molar-refractivity contribution in [1.29, 1.82) is 0 Å². The fourth-order valence-corrected chi connectivity index (χ4v) is 2.58. The zero-order chi connectivity index (χ0) is 12.5. The van der Waals surface area contributed by atoms with Gasteiger partial charge in [-0.2, -0.15) is 0 Å². The molecule has 4 heteroatoms. The van der Waals surface area contributed by atoms with Gasteiger partial charge in [-0.1, -0.05) is 35.9 Å². The van der Waals surface area contributed by atoms with Crippen molar-refractivity contribution in [3.8, 4) is 0 Å². The van der Waals surface area contributed by atoms with Crippen LogP contribution in [0.15, 0.2) is 42.7 Å². The standard InChI is InChI=1S/C14H13ClN2O/c15-11-8-16-6-5-12(11)17-14-10-4-2-1-3-9(10)7-13(14)18/h1-6,8,13-14,18H,7H2,(H,16,17)/t13-,14+/m1/s1. The maximum atomic E-state index is 10.1. The molecule has 0 amide bonds. The van der Waals surface area contributed by atoms with Gasteiger partial charge in [0.05, 0.1) is 22.9 Å². The number of anilines is 1. The van der Waals surface area contributed by atoms with Gasteiger partial charge in [-0.15, -0.1) is 0 Å². The second-order valence-electron chi connectivity index (χ2n) is 4.45. The first kappa shape index (κ1) is 11.5. The molecule has 0 bridgehead atoms. The van der Waals surface area contributed by atoms with Crippen molar-refractivity contribution in [1.82, 2.24) is 4.98 Å².